The number of unbranched alkanes of at least 4 members (excludes halogenated alkanes) is 1. The monoisotopic (exact) mass is 268 g/mol. The molecule has 0 fully saturated rings. The number of nitrogens with one attached hydrogen (secondary N) is 1. The van der Waals surface area contributed by atoms with Crippen LogP contribution in [0, 0.1) is 0 Å². The highest BCUT2D eigenvalue weighted by molar-refractivity contribution is 6.08. The van der Waals surface area contributed by atoms with Crippen molar-refractivity contribution < 1.29 is 4.79 Å². The number of rotatable bonds is 3. The molecule has 5 nitrogen and oxygen atoms in total. The van der Waals surface area contributed by atoms with E-state index in [1.807, 2.05) is 24.3 Å². The van der Waals surface area contributed by atoms with Gasteiger partial charge in [-0.15, -0.1) is 0 Å². The second kappa shape index (κ2) is 5.28. The molecule has 3 rings (SSSR count). The molecule has 0 bridgehead atoms. The number of hydrogen-bond donors (Lipinski definition) is 1. The number of hydrogen-bond acceptors (Lipinski definition) is 3. The molecule has 0 unspecified atom stereocenters. The van der Waals surface area contributed by atoms with Gasteiger partial charge in [0.1, 0.15) is 11.4 Å². The third-order valence-electron chi connectivity index (χ3n) is 3.33. The van der Waals surface area contributed by atoms with Crippen molar-refractivity contribution in [1.82, 2.24) is 9.97 Å². The van der Waals surface area contributed by atoms with Gasteiger partial charge < -0.3 is 5.32 Å². The Labute approximate surface area is 117 Å². The Morgan fingerprint density at radius 1 is 1.15 bits per heavy atom. The number of pyridine rings is 2. The number of fused-ring (bicyclic) bond motifs is 3. The van der Waals surface area contributed by atoms with E-state index < -0.39 is 0 Å². The molecular weight excluding hydrogens is 252 g/mol. The van der Waals surface area contributed by atoms with E-state index in [1.54, 1.807) is 17.3 Å². The first-order chi connectivity index (χ1) is 9.81. The van der Waals surface area contributed by atoms with Crippen LogP contribution >= 0.6 is 0 Å². The molecule has 0 aromatic carbocycles. The molecule has 1 aliphatic heterocycles. The van der Waals surface area contributed by atoms with Crippen LogP contribution in [0.2, 0.25) is 0 Å². The van der Waals surface area contributed by atoms with Crippen LogP contribution in [0.25, 0.3) is 11.4 Å². The van der Waals surface area contributed by atoms with Crippen LogP contribution in [0.1, 0.15) is 19.8 Å². The highest BCUT2D eigenvalue weighted by atomic mass is 16.2. The Bertz CT molecular complexity index is 641. The zero-order chi connectivity index (χ0) is 13.9. The first kappa shape index (κ1) is 12.6. The Morgan fingerprint density at radius 2 is 1.90 bits per heavy atom. The molecule has 102 valence electrons. The molecule has 0 radical (unpaired) electrons. The minimum atomic E-state index is -0.126. The van der Waals surface area contributed by atoms with Gasteiger partial charge in [0.2, 0.25) is 0 Å². The summed E-state index contributed by atoms with van der Waals surface area (Å²) in [6.45, 7) is 2.78. The minimum absolute atomic E-state index is 0.126. The average Bonchev–Trinajstić information content (AvgIpc) is 2.60. The SMILES string of the molecule is CCCCN1C(=O)Nc2cccnc2-c2ncccc21. The van der Waals surface area contributed by atoms with Crippen molar-refractivity contribution in [1.29, 1.82) is 0 Å². The Hall–Kier alpha value is -2.43. The number of carbonyl (C=O) groups is 1. The molecule has 20 heavy (non-hydrogen) atoms. The second-order valence-electron chi connectivity index (χ2n) is 4.71. The van der Waals surface area contributed by atoms with Gasteiger partial charge >= 0.3 is 6.03 Å². The predicted octanol–water partition coefficient (Wildman–Crippen LogP) is 3.30. The Balaban J connectivity index is 2.14. The van der Waals surface area contributed by atoms with E-state index in [0.717, 1.165) is 29.9 Å². The smallest absolute Gasteiger partial charge is 0.305 e. The molecule has 5 heteroatoms. The Morgan fingerprint density at radius 3 is 2.70 bits per heavy atom. The third kappa shape index (κ3) is 2.11. The highest BCUT2D eigenvalue weighted by Gasteiger charge is 2.26. The summed E-state index contributed by atoms with van der Waals surface area (Å²) in [6.07, 6.45) is 5.42. The number of aromatic nitrogens is 2. The van der Waals surface area contributed by atoms with Gasteiger partial charge in [-0.05, 0) is 30.7 Å². The van der Waals surface area contributed by atoms with Crippen molar-refractivity contribution in [3.05, 3.63) is 36.7 Å². The number of urea groups is 1. The van der Waals surface area contributed by atoms with Gasteiger partial charge in [-0.25, -0.2) is 4.79 Å². The summed E-state index contributed by atoms with van der Waals surface area (Å²) < 4.78 is 0. The van der Waals surface area contributed by atoms with Crippen LogP contribution in [0.3, 0.4) is 0 Å². The zero-order valence-corrected chi connectivity index (χ0v) is 11.3. The van der Waals surface area contributed by atoms with Crippen LogP contribution in [0.15, 0.2) is 36.7 Å². The van der Waals surface area contributed by atoms with Crippen molar-refractivity contribution in [2.75, 3.05) is 16.8 Å². The second-order valence-corrected chi connectivity index (χ2v) is 4.71. The largest absolute Gasteiger partial charge is 0.326 e. The number of anilines is 2. The van der Waals surface area contributed by atoms with Gasteiger partial charge in [-0.1, -0.05) is 13.3 Å². The summed E-state index contributed by atoms with van der Waals surface area (Å²) in [5.41, 5.74) is 2.99. The molecule has 0 atom stereocenters. The van der Waals surface area contributed by atoms with Gasteiger partial charge in [0, 0.05) is 18.9 Å². The lowest BCUT2D eigenvalue weighted by molar-refractivity contribution is 0.257. The molecule has 0 spiro atoms. The topological polar surface area (TPSA) is 58.1 Å². The normalized spacial score (nSPS) is 13.2. The first-order valence-corrected chi connectivity index (χ1v) is 6.80. The third-order valence-corrected chi connectivity index (χ3v) is 3.33. The van der Waals surface area contributed by atoms with Gasteiger partial charge in [-0.2, -0.15) is 0 Å². The summed E-state index contributed by atoms with van der Waals surface area (Å²) >= 11 is 0. The summed E-state index contributed by atoms with van der Waals surface area (Å²) in [7, 11) is 0. The zero-order valence-electron chi connectivity index (χ0n) is 11.3. The molecule has 1 aliphatic rings. The maximum atomic E-state index is 12.4. The molecule has 2 amide bonds. The van der Waals surface area contributed by atoms with E-state index in [9.17, 15) is 4.79 Å². The summed E-state index contributed by atoms with van der Waals surface area (Å²) in [5, 5.41) is 2.91. The van der Waals surface area contributed by atoms with Crippen molar-refractivity contribution in [3.63, 3.8) is 0 Å². The Kier molecular flexibility index (Phi) is 3.33. The molecule has 1 N–H and O–H groups in total. The van der Waals surface area contributed by atoms with Crippen LogP contribution in [-0.4, -0.2) is 22.5 Å². The van der Waals surface area contributed by atoms with E-state index in [4.69, 9.17) is 0 Å². The summed E-state index contributed by atoms with van der Waals surface area (Å²) in [6, 6.07) is 7.30. The average molecular weight is 268 g/mol. The van der Waals surface area contributed by atoms with E-state index in [2.05, 4.69) is 22.2 Å². The fraction of sp³-hybridized carbons (Fsp3) is 0.267. The van der Waals surface area contributed by atoms with Crippen molar-refractivity contribution in [3.8, 4) is 11.4 Å². The lowest BCUT2D eigenvalue weighted by atomic mass is 10.2. The van der Waals surface area contributed by atoms with Crippen LogP contribution < -0.4 is 10.2 Å². The lowest BCUT2D eigenvalue weighted by Gasteiger charge is -2.21. The number of amides is 2. The van der Waals surface area contributed by atoms with E-state index in [1.165, 1.54) is 0 Å². The summed E-state index contributed by atoms with van der Waals surface area (Å²) in [5.74, 6) is 0. The van der Waals surface area contributed by atoms with E-state index in [-0.39, 0.29) is 6.03 Å². The molecule has 0 saturated carbocycles. The highest BCUT2D eigenvalue weighted by Crippen LogP contribution is 2.35. The van der Waals surface area contributed by atoms with Gasteiger partial charge in [-0.3, -0.25) is 14.9 Å². The summed E-state index contributed by atoms with van der Waals surface area (Å²) in [4.78, 5) is 22.9. The maximum absolute atomic E-state index is 12.4. The molecular formula is C15H16N4O. The fourth-order valence-corrected chi connectivity index (χ4v) is 2.32. The fourth-order valence-electron chi connectivity index (χ4n) is 2.32. The predicted molar refractivity (Wildman–Crippen MR) is 78.7 cm³/mol. The van der Waals surface area contributed by atoms with Crippen LogP contribution in [0.4, 0.5) is 16.2 Å². The standard InChI is InChI=1S/C15H16N4O/c1-2-3-10-19-12-7-5-9-17-14(12)13-11(18-15(19)20)6-4-8-16-13/h4-9H,2-3,10H2,1H3,(H,18,20). The molecule has 2 aromatic rings. The van der Waals surface area contributed by atoms with Crippen LogP contribution in [0.5, 0.6) is 0 Å². The number of carbonyl (C=O) groups excluding carboxylic acids is 1. The lowest BCUT2D eigenvalue weighted by Crippen LogP contribution is -2.35. The van der Waals surface area contributed by atoms with Crippen molar-refractivity contribution >= 4 is 17.4 Å². The molecule has 3 heterocycles. The van der Waals surface area contributed by atoms with Crippen molar-refractivity contribution in [2.24, 2.45) is 0 Å². The van der Waals surface area contributed by atoms with Crippen LogP contribution in [-0.2, 0) is 0 Å². The number of nitrogens with zero attached hydrogens (tertiary/aromatic N) is 3. The molecule has 2 aromatic heterocycles. The molecule has 0 saturated heterocycles. The van der Waals surface area contributed by atoms with Gasteiger partial charge in [0.05, 0.1) is 11.4 Å². The maximum Gasteiger partial charge on any atom is 0.326 e. The quantitative estimate of drug-likeness (QED) is 0.929. The molecule has 0 aliphatic carbocycles. The van der Waals surface area contributed by atoms with Gasteiger partial charge in [0.25, 0.3) is 0 Å². The van der Waals surface area contributed by atoms with Crippen molar-refractivity contribution in [2.45, 2.75) is 19.8 Å². The van der Waals surface area contributed by atoms with Gasteiger partial charge in [0.15, 0.2) is 0 Å². The first-order valence-electron chi connectivity index (χ1n) is 6.80. The van der Waals surface area contributed by atoms with E-state index >= 15 is 0 Å². The minimum Gasteiger partial charge on any atom is -0.305 e. The van der Waals surface area contributed by atoms with E-state index in [0.29, 0.717) is 12.2 Å².